The van der Waals surface area contributed by atoms with Crippen LogP contribution in [0.25, 0.3) is 0 Å². The molecule has 9 heteroatoms. The van der Waals surface area contributed by atoms with Gasteiger partial charge in [0.15, 0.2) is 5.13 Å². The van der Waals surface area contributed by atoms with Gasteiger partial charge in [0.05, 0.1) is 19.8 Å². The summed E-state index contributed by atoms with van der Waals surface area (Å²) in [4.78, 5) is 21.2. The van der Waals surface area contributed by atoms with E-state index >= 15 is 0 Å². The number of ether oxygens (including phenoxy) is 1. The van der Waals surface area contributed by atoms with Gasteiger partial charge in [0.2, 0.25) is 11.9 Å². The highest BCUT2D eigenvalue weighted by molar-refractivity contribution is 7.15. The van der Waals surface area contributed by atoms with Crippen LogP contribution in [0.2, 0.25) is 0 Å². The number of aryl methyl sites for hydroxylation is 3. The Labute approximate surface area is 174 Å². The SMILES string of the molecule is Cc1nc(Nc2ncc(CNc3c(C)cccc3C)s2)nc(N2CCOCC2)n1. The number of aromatic nitrogens is 4. The molecular formula is C20H25N7OS. The second-order valence-electron chi connectivity index (χ2n) is 6.98. The Kier molecular flexibility index (Phi) is 5.86. The fourth-order valence-corrected chi connectivity index (χ4v) is 3.99. The fraction of sp³-hybridized carbons (Fsp3) is 0.400. The molecule has 0 unspecified atom stereocenters. The van der Waals surface area contributed by atoms with Crippen LogP contribution >= 0.6 is 11.3 Å². The summed E-state index contributed by atoms with van der Waals surface area (Å²) in [7, 11) is 0. The van der Waals surface area contributed by atoms with E-state index in [1.807, 2.05) is 13.1 Å². The van der Waals surface area contributed by atoms with Crippen molar-refractivity contribution in [2.75, 3.05) is 41.8 Å². The number of hydrogen-bond donors (Lipinski definition) is 2. The van der Waals surface area contributed by atoms with Crippen LogP contribution in [0.15, 0.2) is 24.4 Å². The number of rotatable bonds is 6. The van der Waals surface area contributed by atoms with Crippen molar-refractivity contribution in [3.05, 3.63) is 46.2 Å². The highest BCUT2D eigenvalue weighted by Crippen LogP contribution is 2.25. The number of morpholine rings is 1. The van der Waals surface area contributed by atoms with Gasteiger partial charge in [0, 0.05) is 29.9 Å². The van der Waals surface area contributed by atoms with Crippen molar-refractivity contribution in [2.24, 2.45) is 0 Å². The molecule has 0 saturated carbocycles. The van der Waals surface area contributed by atoms with Crippen LogP contribution < -0.4 is 15.5 Å². The van der Waals surface area contributed by atoms with E-state index in [2.05, 4.69) is 67.5 Å². The Balaban J connectivity index is 1.43. The minimum Gasteiger partial charge on any atom is -0.380 e. The third-order valence-corrected chi connectivity index (χ3v) is 5.63. The highest BCUT2D eigenvalue weighted by atomic mass is 32.1. The first-order valence-electron chi connectivity index (χ1n) is 9.65. The standard InChI is InChI=1S/C20H25N7OS/c1-13-5-4-6-14(2)17(13)21-11-16-12-22-20(29-16)26-18-23-15(3)24-19(25-18)27-7-9-28-10-8-27/h4-6,12,21H,7-11H2,1-3H3,(H,22,23,24,25,26). The lowest BCUT2D eigenvalue weighted by molar-refractivity contribution is 0.122. The van der Waals surface area contributed by atoms with E-state index in [4.69, 9.17) is 4.74 Å². The summed E-state index contributed by atoms with van der Waals surface area (Å²) in [5.74, 6) is 1.87. The van der Waals surface area contributed by atoms with Crippen molar-refractivity contribution in [3.63, 3.8) is 0 Å². The predicted octanol–water partition coefficient (Wildman–Crippen LogP) is 3.45. The fourth-order valence-electron chi connectivity index (χ4n) is 3.24. The Hall–Kier alpha value is -2.78. The second kappa shape index (κ2) is 8.71. The Morgan fingerprint density at radius 3 is 2.59 bits per heavy atom. The first-order valence-corrected chi connectivity index (χ1v) is 10.5. The minimum absolute atomic E-state index is 0.516. The maximum absolute atomic E-state index is 5.41. The average molecular weight is 412 g/mol. The molecule has 3 heterocycles. The van der Waals surface area contributed by atoms with Crippen LogP contribution in [0.5, 0.6) is 0 Å². The summed E-state index contributed by atoms with van der Waals surface area (Å²) in [5.41, 5.74) is 3.66. The summed E-state index contributed by atoms with van der Waals surface area (Å²) in [6.07, 6.45) is 1.88. The molecule has 152 valence electrons. The van der Waals surface area contributed by atoms with E-state index in [-0.39, 0.29) is 0 Å². The van der Waals surface area contributed by atoms with Gasteiger partial charge in [-0.05, 0) is 31.9 Å². The molecule has 1 aliphatic rings. The van der Waals surface area contributed by atoms with Crippen molar-refractivity contribution in [1.29, 1.82) is 0 Å². The maximum atomic E-state index is 5.41. The topological polar surface area (TPSA) is 88.1 Å². The third kappa shape index (κ3) is 4.80. The van der Waals surface area contributed by atoms with Crippen molar-refractivity contribution < 1.29 is 4.74 Å². The quantitative estimate of drug-likeness (QED) is 0.638. The Morgan fingerprint density at radius 1 is 1.07 bits per heavy atom. The van der Waals surface area contributed by atoms with Crippen LogP contribution in [0.4, 0.5) is 22.7 Å². The molecule has 0 aliphatic carbocycles. The molecule has 2 N–H and O–H groups in total. The zero-order chi connectivity index (χ0) is 20.2. The number of anilines is 4. The van der Waals surface area contributed by atoms with Gasteiger partial charge in [0.1, 0.15) is 5.82 Å². The molecule has 0 spiro atoms. The number of para-hydroxylation sites is 1. The summed E-state index contributed by atoms with van der Waals surface area (Å²) < 4.78 is 5.41. The summed E-state index contributed by atoms with van der Waals surface area (Å²) in [5, 5.41) is 7.51. The summed E-state index contributed by atoms with van der Waals surface area (Å²) >= 11 is 1.59. The average Bonchev–Trinajstić information content (AvgIpc) is 3.15. The molecule has 0 atom stereocenters. The van der Waals surface area contributed by atoms with Crippen LogP contribution in [0.3, 0.4) is 0 Å². The van der Waals surface area contributed by atoms with Gasteiger partial charge in [-0.2, -0.15) is 15.0 Å². The predicted molar refractivity (Wildman–Crippen MR) is 116 cm³/mol. The first-order chi connectivity index (χ1) is 14.1. The van der Waals surface area contributed by atoms with Crippen LogP contribution in [0, 0.1) is 20.8 Å². The van der Waals surface area contributed by atoms with E-state index in [9.17, 15) is 0 Å². The Morgan fingerprint density at radius 2 is 1.83 bits per heavy atom. The molecule has 0 bridgehead atoms. The van der Waals surface area contributed by atoms with Gasteiger partial charge < -0.3 is 15.0 Å². The molecule has 1 aromatic carbocycles. The van der Waals surface area contributed by atoms with Crippen molar-refractivity contribution >= 4 is 34.1 Å². The van der Waals surface area contributed by atoms with Crippen LogP contribution in [-0.2, 0) is 11.3 Å². The van der Waals surface area contributed by atoms with Gasteiger partial charge in [-0.15, -0.1) is 0 Å². The van der Waals surface area contributed by atoms with Gasteiger partial charge in [0.25, 0.3) is 0 Å². The second-order valence-corrected chi connectivity index (χ2v) is 8.10. The van der Waals surface area contributed by atoms with Crippen molar-refractivity contribution in [1.82, 2.24) is 19.9 Å². The molecule has 1 fully saturated rings. The Bertz CT molecular complexity index is 964. The first kappa shape index (κ1) is 19.5. The van der Waals surface area contributed by atoms with Crippen molar-refractivity contribution in [2.45, 2.75) is 27.3 Å². The highest BCUT2D eigenvalue weighted by Gasteiger charge is 2.16. The lowest BCUT2D eigenvalue weighted by atomic mass is 10.1. The summed E-state index contributed by atoms with van der Waals surface area (Å²) in [6, 6.07) is 6.31. The monoisotopic (exact) mass is 411 g/mol. The van der Waals surface area contributed by atoms with E-state index in [0.717, 1.165) is 29.6 Å². The van der Waals surface area contributed by atoms with Gasteiger partial charge in [-0.3, -0.25) is 5.32 Å². The van der Waals surface area contributed by atoms with E-state index in [0.29, 0.717) is 30.9 Å². The maximum Gasteiger partial charge on any atom is 0.234 e. The zero-order valence-electron chi connectivity index (χ0n) is 16.9. The number of thiazole rings is 1. The van der Waals surface area contributed by atoms with E-state index < -0.39 is 0 Å². The van der Waals surface area contributed by atoms with Crippen LogP contribution in [-0.4, -0.2) is 46.2 Å². The smallest absolute Gasteiger partial charge is 0.234 e. The molecule has 29 heavy (non-hydrogen) atoms. The molecule has 4 rings (SSSR count). The number of hydrogen-bond acceptors (Lipinski definition) is 9. The van der Waals surface area contributed by atoms with E-state index in [1.54, 1.807) is 11.3 Å². The third-order valence-electron chi connectivity index (χ3n) is 4.72. The van der Waals surface area contributed by atoms with E-state index in [1.165, 1.54) is 16.8 Å². The molecule has 1 aliphatic heterocycles. The van der Waals surface area contributed by atoms with Crippen LogP contribution in [0.1, 0.15) is 21.8 Å². The number of nitrogens with one attached hydrogen (secondary N) is 2. The molecular weight excluding hydrogens is 386 g/mol. The molecule has 8 nitrogen and oxygen atoms in total. The molecule has 0 radical (unpaired) electrons. The molecule has 3 aromatic rings. The largest absolute Gasteiger partial charge is 0.380 e. The minimum atomic E-state index is 0.516. The lowest BCUT2D eigenvalue weighted by Gasteiger charge is -2.26. The normalized spacial score (nSPS) is 14.1. The zero-order valence-corrected chi connectivity index (χ0v) is 17.7. The number of benzene rings is 1. The lowest BCUT2D eigenvalue weighted by Crippen LogP contribution is -2.37. The molecule has 0 amide bonds. The van der Waals surface area contributed by atoms with Crippen molar-refractivity contribution in [3.8, 4) is 0 Å². The van der Waals surface area contributed by atoms with Gasteiger partial charge in [-0.25, -0.2) is 4.98 Å². The molecule has 2 aromatic heterocycles. The number of nitrogens with zero attached hydrogens (tertiary/aromatic N) is 5. The van der Waals surface area contributed by atoms with Gasteiger partial charge >= 0.3 is 0 Å². The summed E-state index contributed by atoms with van der Waals surface area (Å²) in [6.45, 7) is 9.78. The van der Waals surface area contributed by atoms with Gasteiger partial charge in [-0.1, -0.05) is 29.5 Å². The molecule has 1 saturated heterocycles.